The lowest BCUT2D eigenvalue weighted by Crippen LogP contribution is -2.87. The first kappa shape index (κ1) is 18.7. The van der Waals surface area contributed by atoms with Gasteiger partial charge in [0.2, 0.25) is 5.91 Å². The van der Waals surface area contributed by atoms with Crippen LogP contribution in [0, 0.1) is 13.8 Å². The van der Waals surface area contributed by atoms with Gasteiger partial charge in [0.15, 0.2) is 6.54 Å². The number of hydrogen-bond acceptors (Lipinski definition) is 2. The van der Waals surface area contributed by atoms with E-state index in [9.17, 15) is 9.59 Å². The third-order valence-corrected chi connectivity index (χ3v) is 4.31. The van der Waals surface area contributed by atoms with Crippen molar-refractivity contribution in [3.8, 4) is 0 Å². The molecule has 25 heavy (non-hydrogen) atoms. The summed E-state index contributed by atoms with van der Waals surface area (Å²) in [5, 5.41) is 7.45. The zero-order chi connectivity index (χ0) is 18.2. The molecule has 0 spiro atoms. The average Bonchev–Trinajstić information content (AvgIpc) is 2.62. The molecule has 0 saturated carbocycles. The summed E-state index contributed by atoms with van der Waals surface area (Å²) in [6.45, 7) is 6.27. The summed E-state index contributed by atoms with van der Waals surface area (Å²) in [5.41, 5.74) is 4.10. The van der Waals surface area contributed by atoms with Gasteiger partial charge in [-0.2, -0.15) is 0 Å². The number of carbonyl (C=O) groups is 2. The molecule has 0 saturated heterocycles. The fourth-order valence-corrected chi connectivity index (χ4v) is 2.51. The first-order valence-corrected chi connectivity index (χ1v) is 8.48. The van der Waals surface area contributed by atoms with E-state index in [2.05, 4.69) is 17.6 Å². The highest BCUT2D eigenvalue weighted by molar-refractivity contribution is 5.95. The van der Waals surface area contributed by atoms with Crippen LogP contribution in [0.25, 0.3) is 0 Å². The number of aryl methyl sites for hydroxylation is 1. The molecule has 0 bridgehead atoms. The molecule has 0 aromatic heterocycles. The van der Waals surface area contributed by atoms with Crippen LogP contribution in [0.5, 0.6) is 0 Å². The largest absolute Gasteiger partial charge is 0.342 e. The van der Waals surface area contributed by atoms with Crippen molar-refractivity contribution < 1.29 is 14.9 Å². The average molecular weight is 340 g/mol. The van der Waals surface area contributed by atoms with Crippen LogP contribution in [0.2, 0.25) is 0 Å². The first-order chi connectivity index (χ1) is 12.0. The maximum absolute atomic E-state index is 12.0. The van der Waals surface area contributed by atoms with Crippen LogP contribution < -0.4 is 16.0 Å². The fraction of sp³-hybridized carbons (Fsp3) is 0.300. The topological polar surface area (TPSA) is 74.8 Å². The third-order valence-electron chi connectivity index (χ3n) is 4.31. The van der Waals surface area contributed by atoms with E-state index in [4.69, 9.17) is 0 Å². The van der Waals surface area contributed by atoms with Crippen LogP contribution in [0.3, 0.4) is 0 Å². The van der Waals surface area contributed by atoms with Gasteiger partial charge in [-0.25, -0.2) is 0 Å². The van der Waals surface area contributed by atoms with E-state index in [0.717, 1.165) is 16.8 Å². The minimum Gasteiger partial charge on any atom is -0.342 e. The van der Waals surface area contributed by atoms with E-state index < -0.39 is 0 Å². The number of benzene rings is 2. The minimum atomic E-state index is -0.224. The second-order valence-electron chi connectivity index (χ2n) is 6.21. The molecule has 0 aliphatic rings. The Bertz CT molecular complexity index is 729. The fourth-order valence-electron chi connectivity index (χ4n) is 2.51. The van der Waals surface area contributed by atoms with Gasteiger partial charge in [-0.1, -0.05) is 42.5 Å². The van der Waals surface area contributed by atoms with Gasteiger partial charge < -0.3 is 16.0 Å². The molecule has 0 aliphatic heterocycles. The highest BCUT2D eigenvalue weighted by atomic mass is 16.2. The molecule has 2 aromatic rings. The molecule has 0 heterocycles. The molecule has 132 valence electrons. The number of nitrogens with two attached hydrogens (primary N) is 1. The number of anilines is 1. The number of rotatable bonds is 7. The number of carbonyl (C=O) groups excluding carboxylic acids is 2. The molecule has 0 radical (unpaired) electrons. The Morgan fingerprint density at radius 2 is 1.72 bits per heavy atom. The van der Waals surface area contributed by atoms with Crippen LogP contribution in [0.1, 0.15) is 29.7 Å². The summed E-state index contributed by atoms with van der Waals surface area (Å²) >= 11 is 0. The smallest absolute Gasteiger partial charge is 0.275 e. The predicted octanol–water partition coefficient (Wildman–Crippen LogP) is 1.68. The molecule has 1 atom stereocenters. The predicted molar refractivity (Wildman–Crippen MR) is 99.2 cm³/mol. The summed E-state index contributed by atoms with van der Waals surface area (Å²) in [4.78, 5) is 23.9. The van der Waals surface area contributed by atoms with Crippen molar-refractivity contribution in [3.63, 3.8) is 0 Å². The lowest BCUT2D eigenvalue weighted by Gasteiger charge is -2.12. The summed E-state index contributed by atoms with van der Waals surface area (Å²) in [6, 6.07) is 16.0. The molecule has 2 rings (SSSR count). The molecule has 2 aromatic carbocycles. The van der Waals surface area contributed by atoms with Crippen molar-refractivity contribution in [2.45, 2.75) is 26.8 Å². The van der Waals surface area contributed by atoms with Crippen molar-refractivity contribution in [2.24, 2.45) is 0 Å². The van der Waals surface area contributed by atoms with Gasteiger partial charge in [-0.3, -0.25) is 9.59 Å². The monoisotopic (exact) mass is 340 g/mol. The van der Waals surface area contributed by atoms with Crippen LogP contribution in [0.4, 0.5) is 5.69 Å². The number of amides is 2. The van der Waals surface area contributed by atoms with Gasteiger partial charge in [-0.05, 0) is 38.0 Å². The van der Waals surface area contributed by atoms with E-state index in [1.54, 1.807) is 0 Å². The van der Waals surface area contributed by atoms with Crippen LogP contribution in [0.15, 0.2) is 48.5 Å². The second-order valence-corrected chi connectivity index (χ2v) is 6.21. The van der Waals surface area contributed by atoms with Gasteiger partial charge in [0.1, 0.15) is 6.04 Å². The third kappa shape index (κ3) is 5.72. The van der Waals surface area contributed by atoms with E-state index in [1.807, 2.05) is 67.7 Å². The highest BCUT2D eigenvalue weighted by Crippen LogP contribution is 2.17. The molecule has 5 heteroatoms. The minimum absolute atomic E-state index is 0.0280. The Morgan fingerprint density at radius 3 is 2.44 bits per heavy atom. The van der Waals surface area contributed by atoms with Crippen molar-refractivity contribution in [3.05, 3.63) is 65.2 Å². The van der Waals surface area contributed by atoms with Gasteiger partial charge in [0.25, 0.3) is 5.91 Å². The maximum Gasteiger partial charge on any atom is 0.275 e. The van der Waals surface area contributed by atoms with Crippen molar-refractivity contribution in [2.75, 3.05) is 18.4 Å². The second kappa shape index (κ2) is 8.99. The van der Waals surface area contributed by atoms with Crippen molar-refractivity contribution in [1.29, 1.82) is 0 Å². The zero-order valence-corrected chi connectivity index (χ0v) is 15.0. The van der Waals surface area contributed by atoms with Crippen LogP contribution in [-0.4, -0.2) is 24.9 Å². The molecule has 0 aliphatic carbocycles. The van der Waals surface area contributed by atoms with Gasteiger partial charge in [0, 0.05) is 11.3 Å². The van der Waals surface area contributed by atoms with E-state index >= 15 is 0 Å². The Hall–Kier alpha value is -2.66. The Balaban J connectivity index is 1.74. The Kier molecular flexibility index (Phi) is 6.71. The Labute approximate surface area is 148 Å². The van der Waals surface area contributed by atoms with Crippen molar-refractivity contribution >= 4 is 17.5 Å². The zero-order valence-electron chi connectivity index (χ0n) is 15.0. The van der Waals surface area contributed by atoms with Gasteiger partial charge >= 0.3 is 0 Å². The molecule has 4 N–H and O–H groups in total. The lowest BCUT2D eigenvalue weighted by molar-refractivity contribution is -0.682. The molecule has 0 unspecified atom stereocenters. The molecule has 2 amide bonds. The van der Waals surface area contributed by atoms with E-state index in [1.165, 1.54) is 5.56 Å². The SMILES string of the molecule is Cc1cccc(NC(=O)CNC(=O)C[NH2+][C@@H](C)c2ccccc2)c1C. The number of quaternary nitrogens is 1. The van der Waals surface area contributed by atoms with Crippen molar-refractivity contribution in [1.82, 2.24) is 5.32 Å². The maximum atomic E-state index is 12.0. The quantitative estimate of drug-likeness (QED) is 0.717. The summed E-state index contributed by atoms with van der Waals surface area (Å²) in [5.74, 6) is -0.378. The molecular formula is C20H26N3O2+. The molecule has 0 fully saturated rings. The molecular weight excluding hydrogens is 314 g/mol. The summed E-state index contributed by atoms with van der Waals surface area (Å²) in [6.07, 6.45) is 0. The van der Waals surface area contributed by atoms with Crippen LogP contribution in [-0.2, 0) is 9.59 Å². The summed E-state index contributed by atoms with van der Waals surface area (Å²) < 4.78 is 0. The van der Waals surface area contributed by atoms with Gasteiger partial charge in [-0.15, -0.1) is 0 Å². The highest BCUT2D eigenvalue weighted by Gasteiger charge is 2.12. The van der Waals surface area contributed by atoms with E-state index in [-0.39, 0.29) is 30.9 Å². The van der Waals surface area contributed by atoms with Gasteiger partial charge in [0.05, 0.1) is 6.54 Å². The Morgan fingerprint density at radius 1 is 1.00 bits per heavy atom. The van der Waals surface area contributed by atoms with E-state index in [0.29, 0.717) is 0 Å². The lowest BCUT2D eigenvalue weighted by atomic mass is 10.1. The van der Waals surface area contributed by atoms with Crippen LogP contribution >= 0.6 is 0 Å². The summed E-state index contributed by atoms with van der Waals surface area (Å²) in [7, 11) is 0. The normalized spacial score (nSPS) is 11.6. The number of nitrogens with one attached hydrogen (secondary N) is 2. The first-order valence-electron chi connectivity index (χ1n) is 8.48. The standard InChI is InChI=1S/C20H25N3O2/c1-14-8-7-11-18(15(14)2)23-20(25)13-22-19(24)12-21-16(3)17-9-5-4-6-10-17/h4-11,16,21H,12-13H2,1-3H3,(H,22,24)(H,23,25)/p+1/t16-/m0/s1. The molecule has 5 nitrogen and oxygen atoms in total. The number of hydrogen-bond donors (Lipinski definition) is 3.